The SMILES string of the molecule is O=c1[nH]cc([NH2+]S(=O)(=O)Oc2ccccc2O)c(=O)[nH]1. The zero-order valence-electron chi connectivity index (χ0n) is 9.86. The Bertz CT molecular complexity index is 838. The second-order valence-electron chi connectivity index (χ2n) is 3.69. The summed E-state index contributed by atoms with van der Waals surface area (Å²) in [6, 6.07) is 5.46. The molecule has 2 aromatic rings. The largest absolute Gasteiger partial charge is 0.504 e. The minimum Gasteiger partial charge on any atom is -0.504 e. The predicted octanol–water partition coefficient (Wildman–Crippen LogP) is -1.71. The Morgan fingerprint density at radius 1 is 1.20 bits per heavy atom. The van der Waals surface area contributed by atoms with Crippen LogP contribution in [-0.2, 0) is 10.3 Å². The number of phenolic OH excluding ortho intramolecular Hbond substituents is 1. The van der Waals surface area contributed by atoms with Gasteiger partial charge in [-0.2, -0.15) is 4.72 Å². The summed E-state index contributed by atoms with van der Waals surface area (Å²) in [6.07, 6.45) is 0.937. The lowest BCUT2D eigenvalue weighted by molar-refractivity contribution is -0.407. The molecular formula is C10H10N3O6S+. The summed E-state index contributed by atoms with van der Waals surface area (Å²) in [5.74, 6) is -0.635. The lowest BCUT2D eigenvalue weighted by Gasteiger charge is -2.05. The molecule has 2 rings (SSSR count). The van der Waals surface area contributed by atoms with Crippen LogP contribution in [0, 0.1) is 0 Å². The maximum absolute atomic E-state index is 11.7. The molecule has 0 saturated carbocycles. The number of hydrogen-bond donors (Lipinski definition) is 4. The number of H-pyrrole nitrogens is 2. The lowest BCUT2D eigenvalue weighted by Crippen LogP contribution is -2.84. The predicted molar refractivity (Wildman–Crippen MR) is 66.9 cm³/mol. The van der Waals surface area contributed by atoms with Crippen molar-refractivity contribution in [2.45, 2.75) is 0 Å². The summed E-state index contributed by atoms with van der Waals surface area (Å²) in [6.45, 7) is 0. The van der Waals surface area contributed by atoms with Gasteiger partial charge in [-0.1, -0.05) is 12.1 Å². The second kappa shape index (κ2) is 5.19. The van der Waals surface area contributed by atoms with E-state index in [0.29, 0.717) is 4.72 Å². The van der Waals surface area contributed by atoms with Crippen molar-refractivity contribution >= 4 is 16.0 Å². The smallest absolute Gasteiger partial charge is 0.486 e. The second-order valence-corrected chi connectivity index (χ2v) is 5.08. The van der Waals surface area contributed by atoms with E-state index in [1.807, 2.05) is 4.98 Å². The molecule has 1 aromatic carbocycles. The van der Waals surface area contributed by atoms with Gasteiger partial charge in [-0.3, -0.25) is 9.78 Å². The fourth-order valence-corrected chi connectivity index (χ4v) is 2.27. The van der Waals surface area contributed by atoms with Gasteiger partial charge in [-0.15, -0.1) is 8.42 Å². The quantitative estimate of drug-likeness (QED) is 0.528. The third-order valence-electron chi connectivity index (χ3n) is 2.19. The molecule has 0 aliphatic carbocycles. The van der Waals surface area contributed by atoms with Crippen LogP contribution in [-0.4, -0.2) is 23.5 Å². The Kier molecular flexibility index (Phi) is 3.59. The number of quaternary nitrogens is 1. The topological polar surface area (TPSA) is 146 Å². The van der Waals surface area contributed by atoms with Crippen molar-refractivity contribution in [3.63, 3.8) is 0 Å². The van der Waals surface area contributed by atoms with Gasteiger partial charge < -0.3 is 14.3 Å². The van der Waals surface area contributed by atoms with Gasteiger partial charge in [0, 0.05) is 0 Å². The van der Waals surface area contributed by atoms with Crippen molar-refractivity contribution in [2.75, 3.05) is 0 Å². The van der Waals surface area contributed by atoms with Gasteiger partial charge >= 0.3 is 21.6 Å². The Hall–Kier alpha value is -2.59. The van der Waals surface area contributed by atoms with Crippen LogP contribution < -0.4 is 20.2 Å². The summed E-state index contributed by atoms with van der Waals surface area (Å²) >= 11 is 0. The average Bonchev–Trinajstić information content (AvgIpc) is 2.35. The highest BCUT2D eigenvalue weighted by Gasteiger charge is 2.22. The van der Waals surface area contributed by atoms with E-state index in [1.54, 1.807) is 0 Å². The maximum Gasteiger partial charge on any atom is 0.486 e. The van der Waals surface area contributed by atoms with E-state index in [0.717, 1.165) is 6.20 Å². The van der Waals surface area contributed by atoms with Crippen LogP contribution >= 0.6 is 0 Å². The van der Waals surface area contributed by atoms with Crippen LogP contribution in [0.1, 0.15) is 0 Å². The number of nitrogens with one attached hydrogen (secondary N) is 2. The molecule has 0 unspecified atom stereocenters. The molecule has 10 heteroatoms. The monoisotopic (exact) mass is 300 g/mol. The van der Waals surface area contributed by atoms with Gasteiger partial charge in [-0.25, -0.2) is 4.79 Å². The van der Waals surface area contributed by atoms with Crippen molar-refractivity contribution in [1.29, 1.82) is 0 Å². The average molecular weight is 300 g/mol. The Morgan fingerprint density at radius 3 is 2.55 bits per heavy atom. The van der Waals surface area contributed by atoms with Gasteiger partial charge in [0.15, 0.2) is 11.5 Å². The Labute approximate surface area is 112 Å². The van der Waals surface area contributed by atoms with Gasteiger partial charge in [0.2, 0.25) is 5.69 Å². The summed E-state index contributed by atoms with van der Waals surface area (Å²) in [4.78, 5) is 26.2. The fourth-order valence-electron chi connectivity index (χ4n) is 1.34. The number of benzene rings is 1. The molecule has 9 nitrogen and oxygen atoms in total. The first-order chi connectivity index (χ1) is 9.37. The lowest BCUT2D eigenvalue weighted by atomic mass is 10.3. The summed E-state index contributed by atoms with van der Waals surface area (Å²) < 4.78 is 28.6. The molecule has 0 atom stereocenters. The van der Waals surface area contributed by atoms with E-state index in [-0.39, 0.29) is 17.2 Å². The molecule has 1 aromatic heterocycles. The molecule has 0 radical (unpaired) electrons. The first-order valence-corrected chi connectivity index (χ1v) is 6.74. The summed E-state index contributed by atoms with van der Waals surface area (Å²) in [5.41, 5.74) is -1.94. The van der Waals surface area contributed by atoms with Crippen molar-refractivity contribution in [1.82, 2.24) is 9.97 Å². The van der Waals surface area contributed by atoms with Crippen LogP contribution in [0.3, 0.4) is 0 Å². The van der Waals surface area contributed by atoms with E-state index < -0.39 is 21.6 Å². The molecule has 0 aliphatic heterocycles. The number of rotatable bonds is 4. The highest BCUT2D eigenvalue weighted by molar-refractivity contribution is 7.80. The van der Waals surface area contributed by atoms with Crippen LogP contribution in [0.5, 0.6) is 11.5 Å². The fraction of sp³-hybridized carbons (Fsp3) is 0. The third kappa shape index (κ3) is 3.24. The van der Waals surface area contributed by atoms with E-state index in [9.17, 15) is 23.1 Å². The highest BCUT2D eigenvalue weighted by Crippen LogP contribution is 2.24. The molecule has 106 valence electrons. The Morgan fingerprint density at radius 2 is 1.90 bits per heavy atom. The molecule has 20 heavy (non-hydrogen) atoms. The van der Waals surface area contributed by atoms with Crippen molar-refractivity contribution < 1.29 is 22.4 Å². The molecule has 5 N–H and O–H groups in total. The summed E-state index contributed by atoms with van der Waals surface area (Å²) in [5, 5.41) is 9.41. The van der Waals surface area contributed by atoms with Gasteiger partial charge in [0.25, 0.3) is 0 Å². The number of aromatic amines is 2. The van der Waals surface area contributed by atoms with E-state index in [1.165, 1.54) is 24.3 Å². The van der Waals surface area contributed by atoms with Gasteiger partial charge in [-0.05, 0) is 12.1 Å². The molecule has 0 fully saturated rings. The van der Waals surface area contributed by atoms with E-state index in [4.69, 9.17) is 0 Å². The molecule has 0 bridgehead atoms. The van der Waals surface area contributed by atoms with Crippen LogP contribution in [0.15, 0.2) is 40.1 Å². The van der Waals surface area contributed by atoms with E-state index in [2.05, 4.69) is 9.17 Å². The standard InChI is InChI=1S/C10H9N3O6S/c14-7-3-1-2-4-8(7)19-20(17,18)13-6-5-11-10(16)12-9(6)15/h1-5,13-14H,(H2,11,12,15,16)/p+1. The van der Waals surface area contributed by atoms with Gasteiger partial charge in [0.1, 0.15) is 0 Å². The highest BCUT2D eigenvalue weighted by atomic mass is 32.2. The molecule has 0 spiro atoms. The number of para-hydroxylation sites is 2. The summed E-state index contributed by atoms with van der Waals surface area (Å²) in [7, 11) is -4.27. The first kappa shape index (κ1) is 13.8. The Balaban J connectivity index is 2.26. The number of phenols is 1. The molecule has 0 amide bonds. The normalized spacial score (nSPS) is 11.2. The van der Waals surface area contributed by atoms with Gasteiger partial charge in [0.05, 0.1) is 6.20 Å². The number of hydrogen-bond acceptors (Lipinski definition) is 6. The van der Waals surface area contributed by atoms with Crippen LogP contribution in [0.4, 0.5) is 5.69 Å². The minimum atomic E-state index is -4.27. The van der Waals surface area contributed by atoms with Crippen LogP contribution in [0.2, 0.25) is 0 Å². The molecule has 0 saturated heterocycles. The van der Waals surface area contributed by atoms with Crippen LogP contribution in [0.25, 0.3) is 0 Å². The first-order valence-electron chi connectivity index (χ1n) is 5.27. The molecular weight excluding hydrogens is 290 g/mol. The number of aromatic hydroxyl groups is 1. The number of aromatic nitrogens is 2. The van der Waals surface area contributed by atoms with Crippen molar-refractivity contribution in [2.24, 2.45) is 0 Å². The van der Waals surface area contributed by atoms with Crippen molar-refractivity contribution in [3.8, 4) is 11.5 Å². The number of nitrogens with two attached hydrogens (primary N) is 1. The molecule has 1 heterocycles. The third-order valence-corrected chi connectivity index (χ3v) is 3.14. The molecule has 0 aliphatic rings. The zero-order valence-corrected chi connectivity index (χ0v) is 10.7. The van der Waals surface area contributed by atoms with Crippen molar-refractivity contribution in [3.05, 3.63) is 51.3 Å². The zero-order chi connectivity index (χ0) is 14.8. The van der Waals surface area contributed by atoms with E-state index >= 15 is 0 Å². The maximum atomic E-state index is 11.7. The minimum absolute atomic E-state index is 0.274.